The van der Waals surface area contributed by atoms with Crippen LogP contribution >= 0.6 is 0 Å². The molecular formula is C37H50N6O11. The van der Waals surface area contributed by atoms with Crippen LogP contribution < -0.4 is 31.2 Å². The molecule has 0 aromatic heterocycles. The topological polar surface area (TPSA) is 239 Å². The number of carboxylic acid groups (broad SMARTS) is 2. The molecule has 1 aromatic carbocycles. The number of aliphatic carboxylic acids is 2. The normalized spacial score (nSPS) is 27.0. The molecule has 0 radical (unpaired) electrons. The molecule has 2 saturated heterocycles. The van der Waals surface area contributed by atoms with Gasteiger partial charge in [-0.3, -0.25) is 24.0 Å². The molecule has 3 aliphatic heterocycles. The number of nitrogens with one attached hydrogen (secondary N) is 3. The lowest BCUT2D eigenvalue weighted by molar-refractivity contribution is -0.144. The molecule has 17 heteroatoms. The van der Waals surface area contributed by atoms with E-state index in [2.05, 4.69) is 34.0 Å². The molecule has 3 unspecified atom stereocenters. The minimum Gasteiger partial charge on any atom is -0.493 e. The Balaban J connectivity index is 1.16. The van der Waals surface area contributed by atoms with E-state index in [1.54, 1.807) is 7.11 Å². The molecule has 2 fully saturated rings. The average molecular weight is 755 g/mol. The summed E-state index contributed by atoms with van der Waals surface area (Å²) in [5.41, 5.74) is 7.58. The van der Waals surface area contributed by atoms with Gasteiger partial charge >= 0.3 is 18.0 Å². The average Bonchev–Trinajstić information content (AvgIpc) is 3.50. The van der Waals surface area contributed by atoms with Gasteiger partial charge < -0.3 is 55.9 Å². The fourth-order valence-electron chi connectivity index (χ4n) is 9.16. The predicted octanol–water partition coefficient (Wildman–Crippen LogP) is 0.481. The molecule has 1 aromatic rings. The molecular weight excluding hydrogens is 704 g/mol. The number of amides is 4. The van der Waals surface area contributed by atoms with Crippen LogP contribution in [0.4, 0.5) is 4.79 Å². The molecule has 0 saturated carbocycles. The quantitative estimate of drug-likeness (QED) is 0.106. The van der Waals surface area contributed by atoms with Gasteiger partial charge in [0.05, 0.1) is 25.6 Å². The SMILES string of the molecule is COc1ccc2c3c1OC1C(OC(=O)N4CCC(C(=O)O)CC4CNC(=O)[C@H](CCCCN)NC(=O)CNC(=O)CC(=O)O)=CC[C@H]4[C@@H](C2)N(C)CC[C@]314. The van der Waals surface area contributed by atoms with E-state index in [9.17, 15) is 33.9 Å². The Kier molecular flexibility index (Phi) is 11.7. The van der Waals surface area contributed by atoms with E-state index in [1.807, 2.05) is 12.1 Å². The van der Waals surface area contributed by atoms with Gasteiger partial charge in [-0.1, -0.05) is 6.07 Å². The highest BCUT2D eigenvalue weighted by Crippen LogP contribution is 2.63. The number of allylic oxidation sites excluding steroid dienone is 1. The first-order chi connectivity index (χ1) is 25.9. The third kappa shape index (κ3) is 7.56. The smallest absolute Gasteiger partial charge is 0.415 e. The number of carbonyl (C=O) groups is 6. The third-order valence-corrected chi connectivity index (χ3v) is 11.8. The Hall–Kier alpha value is -4.90. The lowest BCUT2D eigenvalue weighted by Gasteiger charge is -2.56. The van der Waals surface area contributed by atoms with Gasteiger partial charge in [-0.25, -0.2) is 4.79 Å². The molecule has 2 aliphatic carbocycles. The van der Waals surface area contributed by atoms with E-state index < -0.39 is 78.2 Å². The summed E-state index contributed by atoms with van der Waals surface area (Å²) in [5, 5.41) is 26.2. The summed E-state index contributed by atoms with van der Waals surface area (Å²) in [6.45, 7) is 0.665. The number of piperidine rings is 2. The number of carboxylic acids is 2. The minimum atomic E-state index is -1.35. The van der Waals surface area contributed by atoms with Gasteiger partial charge in [0.25, 0.3) is 0 Å². The van der Waals surface area contributed by atoms with Crippen molar-refractivity contribution in [2.24, 2.45) is 17.6 Å². The van der Waals surface area contributed by atoms with Gasteiger partial charge in [-0.15, -0.1) is 0 Å². The zero-order valence-electron chi connectivity index (χ0n) is 30.6. The van der Waals surface area contributed by atoms with Crippen molar-refractivity contribution in [1.29, 1.82) is 0 Å². The number of benzene rings is 1. The zero-order valence-corrected chi connectivity index (χ0v) is 30.6. The standard InChI is InChI=1S/C37H50N6O11/c1-42-14-11-37-23-7-9-27(33(37)54-32-26(52-2)8-6-20(31(32)37)16-25(23)42)53-36(51)43-13-10-21(35(49)50)15-22(43)18-40-34(48)24(5-3-4-12-38)41-29(45)19-39-28(44)17-30(46)47/h6,8-9,21-25,33H,3-5,7,10-19,38H2,1-2H3,(H,39,44)(H,40,48)(H,41,45)(H,46,47)(H,49,50)/t21?,22?,23-,24-,25+,33?,37-/m0/s1. The van der Waals surface area contributed by atoms with Crippen LogP contribution in [0.2, 0.25) is 0 Å². The largest absolute Gasteiger partial charge is 0.493 e. The second kappa shape index (κ2) is 16.2. The van der Waals surface area contributed by atoms with Crippen molar-refractivity contribution in [3.63, 3.8) is 0 Å². The van der Waals surface area contributed by atoms with Gasteiger partial charge in [-0.05, 0) is 95.1 Å². The van der Waals surface area contributed by atoms with Crippen LogP contribution in [0, 0.1) is 11.8 Å². The number of ether oxygens (including phenoxy) is 3. The molecule has 294 valence electrons. The van der Waals surface area contributed by atoms with E-state index in [-0.39, 0.29) is 38.3 Å². The van der Waals surface area contributed by atoms with E-state index in [0.29, 0.717) is 49.1 Å². The van der Waals surface area contributed by atoms with Gasteiger partial charge in [-0.2, -0.15) is 0 Å². The number of hydrogen-bond donors (Lipinski definition) is 6. The maximum absolute atomic E-state index is 14.1. The highest BCUT2D eigenvalue weighted by molar-refractivity contribution is 5.95. The number of rotatable bonds is 15. The predicted molar refractivity (Wildman–Crippen MR) is 190 cm³/mol. The molecule has 1 spiro atoms. The molecule has 6 rings (SSSR count). The molecule has 7 atom stereocenters. The van der Waals surface area contributed by atoms with Crippen molar-refractivity contribution in [3.8, 4) is 11.5 Å². The summed E-state index contributed by atoms with van der Waals surface area (Å²) in [5.74, 6) is -3.26. The van der Waals surface area contributed by atoms with Gasteiger partial charge in [0.15, 0.2) is 17.6 Å². The maximum Gasteiger partial charge on any atom is 0.415 e. The first-order valence-electron chi connectivity index (χ1n) is 18.6. The van der Waals surface area contributed by atoms with E-state index in [1.165, 1.54) is 10.5 Å². The first kappa shape index (κ1) is 38.8. The lowest BCUT2D eigenvalue weighted by atomic mass is 9.53. The molecule has 4 amide bonds. The second-order valence-electron chi connectivity index (χ2n) is 14.9. The highest BCUT2D eigenvalue weighted by Gasteiger charge is 2.65. The van der Waals surface area contributed by atoms with Crippen LogP contribution in [-0.2, 0) is 40.5 Å². The zero-order chi connectivity index (χ0) is 38.7. The molecule has 5 aliphatic rings. The molecule has 7 N–H and O–H groups in total. The Morgan fingerprint density at radius 3 is 2.61 bits per heavy atom. The summed E-state index contributed by atoms with van der Waals surface area (Å²) >= 11 is 0. The molecule has 54 heavy (non-hydrogen) atoms. The van der Waals surface area contributed by atoms with Crippen LogP contribution in [0.25, 0.3) is 0 Å². The van der Waals surface area contributed by atoms with Crippen LogP contribution in [0.15, 0.2) is 24.0 Å². The van der Waals surface area contributed by atoms with Crippen LogP contribution in [0.5, 0.6) is 11.5 Å². The van der Waals surface area contributed by atoms with E-state index >= 15 is 0 Å². The highest BCUT2D eigenvalue weighted by atomic mass is 16.6. The van der Waals surface area contributed by atoms with Gasteiger partial charge in [0.1, 0.15) is 18.2 Å². The number of likely N-dealkylation sites (tertiary alicyclic amines) is 2. The summed E-state index contributed by atoms with van der Waals surface area (Å²) in [7, 11) is 3.76. The van der Waals surface area contributed by atoms with Gasteiger partial charge in [0.2, 0.25) is 17.7 Å². The Labute approximate surface area is 312 Å². The van der Waals surface area contributed by atoms with Crippen LogP contribution in [0.3, 0.4) is 0 Å². The van der Waals surface area contributed by atoms with Crippen molar-refractivity contribution in [2.45, 2.75) is 87.4 Å². The minimum absolute atomic E-state index is 0.0650. The van der Waals surface area contributed by atoms with E-state index in [0.717, 1.165) is 24.9 Å². The molecule has 3 heterocycles. The van der Waals surface area contributed by atoms with Crippen molar-refractivity contribution in [2.75, 3.05) is 46.9 Å². The number of methoxy groups -OCH3 is 1. The molecule has 2 bridgehead atoms. The first-order valence-corrected chi connectivity index (χ1v) is 18.6. The van der Waals surface area contributed by atoms with E-state index in [4.69, 9.17) is 25.1 Å². The Morgan fingerprint density at radius 1 is 1.09 bits per heavy atom. The van der Waals surface area contributed by atoms with Crippen LogP contribution in [-0.4, -0.2) is 127 Å². The third-order valence-electron chi connectivity index (χ3n) is 11.8. The maximum atomic E-state index is 14.1. The van der Waals surface area contributed by atoms with Crippen molar-refractivity contribution >= 4 is 35.8 Å². The lowest BCUT2D eigenvalue weighted by Crippen LogP contribution is -2.63. The Morgan fingerprint density at radius 2 is 1.89 bits per heavy atom. The number of carbonyl (C=O) groups excluding carboxylic acids is 4. The van der Waals surface area contributed by atoms with Gasteiger partial charge in [0, 0.05) is 30.1 Å². The number of hydrogen-bond acceptors (Lipinski definition) is 11. The summed E-state index contributed by atoms with van der Waals surface area (Å²) in [4.78, 5) is 78.6. The Bertz CT molecular complexity index is 1700. The number of nitrogens with two attached hydrogens (primary N) is 1. The summed E-state index contributed by atoms with van der Waals surface area (Å²) in [6.07, 6.45) is 3.87. The molecule has 17 nitrogen and oxygen atoms in total. The second-order valence-corrected chi connectivity index (χ2v) is 14.9. The van der Waals surface area contributed by atoms with Crippen molar-refractivity contribution in [3.05, 3.63) is 35.1 Å². The van der Waals surface area contributed by atoms with Crippen LogP contribution in [0.1, 0.15) is 62.5 Å². The fourth-order valence-corrected chi connectivity index (χ4v) is 9.16. The number of likely N-dealkylation sites (N-methyl/N-ethyl adjacent to an activating group) is 1. The van der Waals surface area contributed by atoms with Crippen molar-refractivity contribution in [1.82, 2.24) is 25.8 Å². The monoisotopic (exact) mass is 754 g/mol. The number of unbranched alkanes of at least 4 members (excludes halogenated alkanes) is 1. The fraction of sp³-hybridized carbons (Fsp3) is 0.622. The summed E-state index contributed by atoms with van der Waals surface area (Å²) in [6, 6.07) is 2.56. The number of nitrogens with zero attached hydrogens (tertiary/aromatic N) is 2. The summed E-state index contributed by atoms with van der Waals surface area (Å²) < 4.78 is 18.6. The van der Waals surface area contributed by atoms with Crippen molar-refractivity contribution < 1.29 is 53.2 Å².